The molecule has 0 bridgehead atoms. The average Bonchev–Trinajstić information content (AvgIpc) is 2.39. The van der Waals surface area contributed by atoms with Crippen molar-refractivity contribution in [2.45, 2.75) is 5.88 Å². The van der Waals surface area contributed by atoms with Crippen molar-refractivity contribution in [2.24, 2.45) is 0 Å². The van der Waals surface area contributed by atoms with Gasteiger partial charge in [0.05, 0.1) is 11.6 Å². The van der Waals surface area contributed by atoms with Crippen LogP contribution in [0.4, 0.5) is 0 Å². The van der Waals surface area contributed by atoms with Crippen LogP contribution in [0.25, 0.3) is 11.1 Å². The second-order valence-electron chi connectivity index (χ2n) is 3.49. The number of benzene rings is 2. The van der Waals surface area contributed by atoms with Gasteiger partial charge in [-0.3, -0.25) is 0 Å². The Labute approximate surface area is 99.9 Å². The summed E-state index contributed by atoms with van der Waals surface area (Å²) < 4.78 is 0. The molecule has 78 valence electrons. The maximum atomic E-state index is 9.11. The number of nitriles is 1. The molecule has 0 amide bonds. The Morgan fingerprint density at radius 2 is 1.81 bits per heavy atom. The Balaban J connectivity index is 2.54. The van der Waals surface area contributed by atoms with Crippen molar-refractivity contribution in [2.75, 3.05) is 0 Å². The Kier molecular flexibility index (Phi) is 3.24. The molecule has 0 spiro atoms. The number of alkyl halides is 1. The van der Waals surface area contributed by atoms with Crippen LogP contribution in [-0.2, 0) is 5.88 Å². The van der Waals surface area contributed by atoms with Gasteiger partial charge in [-0.1, -0.05) is 42.5 Å². The third-order valence-corrected chi connectivity index (χ3v) is 2.75. The fourth-order valence-corrected chi connectivity index (χ4v) is 1.80. The van der Waals surface area contributed by atoms with Gasteiger partial charge in [0, 0.05) is 5.88 Å². The van der Waals surface area contributed by atoms with Crippen LogP contribution in [0.5, 0.6) is 0 Å². The highest BCUT2D eigenvalue weighted by Gasteiger charge is 2.04. The van der Waals surface area contributed by atoms with E-state index < -0.39 is 0 Å². The molecule has 2 rings (SSSR count). The molecule has 0 atom stereocenters. The molecule has 2 aromatic carbocycles. The van der Waals surface area contributed by atoms with Gasteiger partial charge in [-0.05, 0) is 22.8 Å². The van der Waals surface area contributed by atoms with Crippen LogP contribution in [-0.4, -0.2) is 0 Å². The number of halogens is 1. The summed E-state index contributed by atoms with van der Waals surface area (Å²) in [7, 11) is 0. The van der Waals surface area contributed by atoms with Crippen LogP contribution >= 0.6 is 11.6 Å². The van der Waals surface area contributed by atoms with E-state index >= 15 is 0 Å². The molecule has 1 nitrogen and oxygen atoms in total. The van der Waals surface area contributed by atoms with Crippen molar-refractivity contribution in [3.05, 3.63) is 59.7 Å². The summed E-state index contributed by atoms with van der Waals surface area (Å²) in [6.07, 6.45) is 0. The molecule has 2 heteroatoms. The van der Waals surface area contributed by atoms with E-state index in [2.05, 4.69) is 6.07 Å². The van der Waals surface area contributed by atoms with Gasteiger partial charge in [0.15, 0.2) is 0 Å². The molecule has 0 saturated carbocycles. The first-order valence-electron chi connectivity index (χ1n) is 4.99. The number of rotatable bonds is 2. The molecule has 2 aromatic rings. The van der Waals surface area contributed by atoms with E-state index in [-0.39, 0.29) is 0 Å². The van der Waals surface area contributed by atoms with Gasteiger partial charge in [0.1, 0.15) is 0 Å². The molecule has 0 N–H and O–H groups in total. The highest BCUT2D eigenvalue weighted by atomic mass is 35.5. The maximum Gasteiger partial charge on any atom is 0.0998 e. The Bertz CT molecular complexity index is 526. The lowest BCUT2D eigenvalue weighted by molar-refractivity contribution is 1.37. The minimum Gasteiger partial charge on any atom is -0.192 e. The first kappa shape index (κ1) is 10.7. The highest BCUT2D eigenvalue weighted by molar-refractivity contribution is 6.17. The Morgan fingerprint density at radius 3 is 2.44 bits per heavy atom. The zero-order valence-electron chi connectivity index (χ0n) is 8.65. The molecular formula is C14H10ClN. The molecule has 0 unspecified atom stereocenters. The first-order chi connectivity index (χ1) is 7.85. The number of hydrogen-bond donors (Lipinski definition) is 0. The van der Waals surface area contributed by atoms with Crippen LogP contribution in [0.1, 0.15) is 11.1 Å². The fraction of sp³-hybridized carbons (Fsp3) is 0.0714. The summed E-state index contributed by atoms with van der Waals surface area (Å²) in [5, 5.41) is 9.11. The largest absolute Gasteiger partial charge is 0.192 e. The summed E-state index contributed by atoms with van der Waals surface area (Å²) in [4.78, 5) is 0. The smallest absolute Gasteiger partial charge is 0.0998 e. The minimum absolute atomic E-state index is 0.434. The quantitative estimate of drug-likeness (QED) is 0.713. The molecule has 0 aliphatic carbocycles. The van der Waals surface area contributed by atoms with Crippen LogP contribution in [0.2, 0.25) is 0 Å². The summed E-state index contributed by atoms with van der Waals surface area (Å²) in [6, 6.07) is 17.8. The molecule has 0 aromatic heterocycles. The minimum atomic E-state index is 0.434. The summed E-state index contributed by atoms with van der Waals surface area (Å²) in [5.41, 5.74) is 3.65. The maximum absolute atomic E-state index is 9.11. The molecule has 0 aliphatic heterocycles. The van der Waals surface area contributed by atoms with E-state index in [1.165, 1.54) is 0 Å². The van der Waals surface area contributed by atoms with E-state index in [0.29, 0.717) is 11.4 Å². The van der Waals surface area contributed by atoms with E-state index in [0.717, 1.165) is 16.7 Å². The number of nitrogens with zero attached hydrogens (tertiary/aromatic N) is 1. The van der Waals surface area contributed by atoms with Gasteiger partial charge in [0.25, 0.3) is 0 Å². The van der Waals surface area contributed by atoms with Gasteiger partial charge >= 0.3 is 0 Å². The Morgan fingerprint density at radius 1 is 1.06 bits per heavy atom. The van der Waals surface area contributed by atoms with Crippen LogP contribution in [0, 0.1) is 11.3 Å². The standard InChI is InChI=1S/C14H10ClN/c15-9-11-6-7-14(13(8-11)10-16)12-4-2-1-3-5-12/h1-8H,9H2. The molecule has 0 aliphatic rings. The topological polar surface area (TPSA) is 23.8 Å². The van der Waals surface area contributed by atoms with Crippen LogP contribution in [0.3, 0.4) is 0 Å². The van der Waals surface area contributed by atoms with Gasteiger partial charge < -0.3 is 0 Å². The van der Waals surface area contributed by atoms with Gasteiger partial charge in [-0.25, -0.2) is 0 Å². The SMILES string of the molecule is N#Cc1cc(CCl)ccc1-c1ccccc1. The van der Waals surface area contributed by atoms with Crippen molar-refractivity contribution in [1.82, 2.24) is 0 Å². The summed E-state index contributed by atoms with van der Waals surface area (Å²) >= 11 is 5.74. The molecule has 0 radical (unpaired) electrons. The predicted molar refractivity (Wildman–Crippen MR) is 66.2 cm³/mol. The zero-order valence-corrected chi connectivity index (χ0v) is 9.41. The van der Waals surface area contributed by atoms with Crippen molar-refractivity contribution in [3.8, 4) is 17.2 Å². The van der Waals surface area contributed by atoms with E-state index in [4.69, 9.17) is 16.9 Å². The zero-order chi connectivity index (χ0) is 11.4. The molecular weight excluding hydrogens is 218 g/mol. The second-order valence-corrected chi connectivity index (χ2v) is 3.76. The average molecular weight is 228 g/mol. The predicted octanol–water partition coefficient (Wildman–Crippen LogP) is 3.96. The summed E-state index contributed by atoms with van der Waals surface area (Å²) in [6.45, 7) is 0. The van der Waals surface area contributed by atoms with E-state index in [1.807, 2.05) is 48.5 Å². The summed E-state index contributed by atoms with van der Waals surface area (Å²) in [5.74, 6) is 0.434. The normalized spacial score (nSPS) is 9.75. The Hall–Kier alpha value is -1.78. The molecule has 0 saturated heterocycles. The number of hydrogen-bond acceptors (Lipinski definition) is 1. The third-order valence-electron chi connectivity index (χ3n) is 2.44. The lowest BCUT2D eigenvalue weighted by Crippen LogP contribution is -1.87. The monoisotopic (exact) mass is 227 g/mol. The van der Waals surface area contributed by atoms with Crippen molar-refractivity contribution < 1.29 is 0 Å². The highest BCUT2D eigenvalue weighted by Crippen LogP contribution is 2.24. The third kappa shape index (κ3) is 2.08. The van der Waals surface area contributed by atoms with Crippen molar-refractivity contribution in [1.29, 1.82) is 5.26 Å². The molecule has 0 fully saturated rings. The lowest BCUT2D eigenvalue weighted by atomic mass is 9.99. The fourth-order valence-electron chi connectivity index (χ4n) is 1.64. The van der Waals surface area contributed by atoms with Gasteiger partial charge in [-0.2, -0.15) is 5.26 Å². The van der Waals surface area contributed by atoms with E-state index in [9.17, 15) is 0 Å². The van der Waals surface area contributed by atoms with Gasteiger partial charge in [0.2, 0.25) is 0 Å². The van der Waals surface area contributed by atoms with Crippen LogP contribution in [0.15, 0.2) is 48.5 Å². The molecule has 16 heavy (non-hydrogen) atoms. The van der Waals surface area contributed by atoms with Gasteiger partial charge in [-0.15, -0.1) is 11.6 Å². The van der Waals surface area contributed by atoms with Crippen molar-refractivity contribution in [3.63, 3.8) is 0 Å². The first-order valence-corrected chi connectivity index (χ1v) is 5.53. The van der Waals surface area contributed by atoms with Crippen molar-refractivity contribution >= 4 is 11.6 Å². The van der Waals surface area contributed by atoms with Crippen LogP contribution < -0.4 is 0 Å². The molecule has 0 heterocycles. The second kappa shape index (κ2) is 4.83. The van der Waals surface area contributed by atoms with E-state index in [1.54, 1.807) is 0 Å². The lowest BCUT2D eigenvalue weighted by Gasteiger charge is -2.05.